The third kappa shape index (κ3) is 5.03. The number of fused-ring (bicyclic) bond motifs is 1. The van der Waals surface area contributed by atoms with Gasteiger partial charge in [0.2, 0.25) is 0 Å². The topological polar surface area (TPSA) is 62.5 Å². The molecule has 1 aromatic heterocycles. The second-order valence-electron chi connectivity index (χ2n) is 10.4. The van der Waals surface area contributed by atoms with Gasteiger partial charge in [-0.3, -0.25) is 9.78 Å². The Balaban J connectivity index is 1.52. The average molecular weight is 491 g/mol. The first-order chi connectivity index (χ1) is 16.9. The van der Waals surface area contributed by atoms with E-state index in [9.17, 15) is 4.79 Å². The summed E-state index contributed by atoms with van der Waals surface area (Å²) in [5, 5.41) is 1.57. The molecule has 6 heteroatoms. The maximum atomic E-state index is 13.3. The van der Waals surface area contributed by atoms with Gasteiger partial charge in [0.25, 0.3) is 0 Å². The molecule has 0 aliphatic carbocycles. The molecule has 5 rings (SSSR count). The summed E-state index contributed by atoms with van der Waals surface area (Å²) in [6.45, 7) is 9.57. The van der Waals surface area contributed by atoms with Crippen molar-refractivity contribution in [1.82, 2.24) is 9.88 Å². The van der Waals surface area contributed by atoms with E-state index in [1.807, 2.05) is 38.1 Å². The van der Waals surface area contributed by atoms with E-state index in [4.69, 9.17) is 17.3 Å². The van der Waals surface area contributed by atoms with Crippen molar-refractivity contribution in [3.05, 3.63) is 53.2 Å². The zero-order valence-corrected chi connectivity index (χ0v) is 21.5. The minimum atomic E-state index is -0.0835. The summed E-state index contributed by atoms with van der Waals surface area (Å²) in [5.41, 5.74) is 11.2. The smallest absolute Gasteiger partial charge is 0.169 e. The van der Waals surface area contributed by atoms with Crippen LogP contribution >= 0.6 is 11.6 Å². The molecule has 35 heavy (non-hydrogen) atoms. The van der Waals surface area contributed by atoms with E-state index in [-0.39, 0.29) is 11.7 Å². The third-order valence-corrected chi connectivity index (χ3v) is 7.94. The number of piperidine rings is 1. The van der Waals surface area contributed by atoms with Gasteiger partial charge < -0.3 is 15.5 Å². The van der Waals surface area contributed by atoms with E-state index in [0.29, 0.717) is 10.7 Å². The number of anilines is 2. The second kappa shape index (κ2) is 10.2. The summed E-state index contributed by atoms with van der Waals surface area (Å²) in [6.07, 6.45) is 6.77. The predicted molar refractivity (Wildman–Crippen MR) is 146 cm³/mol. The summed E-state index contributed by atoms with van der Waals surface area (Å²) in [4.78, 5) is 23.0. The molecule has 2 fully saturated rings. The summed E-state index contributed by atoms with van der Waals surface area (Å²) in [7, 11) is 0. The Morgan fingerprint density at radius 3 is 2.43 bits per heavy atom. The summed E-state index contributed by atoms with van der Waals surface area (Å²) < 4.78 is 0. The van der Waals surface area contributed by atoms with Crippen LogP contribution in [0, 0.1) is 11.8 Å². The van der Waals surface area contributed by atoms with Gasteiger partial charge in [0.05, 0.1) is 27.5 Å². The van der Waals surface area contributed by atoms with Crippen molar-refractivity contribution in [2.75, 3.05) is 43.4 Å². The molecule has 2 aliphatic heterocycles. The Morgan fingerprint density at radius 2 is 1.74 bits per heavy atom. The van der Waals surface area contributed by atoms with Crippen LogP contribution in [0.25, 0.3) is 22.0 Å². The van der Waals surface area contributed by atoms with Crippen LogP contribution in [0.1, 0.15) is 49.9 Å². The Bertz CT molecular complexity index is 1230. The lowest BCUT2D eigenvalue weighted by atomic mass is 9.92. The number of nitrogens with zero attached hydrogens (tertiary/aromatic N) is 3. The molecule has 3 aromatic rings. The van der Waals surface area contributed by atoms with Crippen LogP contribution in [0.4, 0.5) is 11.4 Å². The number of nitrogen functional groups attached to an aromatic ring is 1. The minimum Gasteiger partial charge on any atom is -0.398 e. The van der Waals surface area contributed by atoms with E-state index in [1.54, 1.807) is 6.20 Å². The van der Waals surface area contributed by atoms with Gasteiger partial charge in [-0.15, -0.1) is 0 Å². The Morgan fingerprint density at radius 1 is 1.06 bits per heavy atom. The molecule has 0 bridgehead atoms. The van der Waals surface area contributed by atoms with E-state index >= 15 is 0 Å². The number of hydrogen-bond donors (Lipinski definition) is 1. The molecule has 2 saturated heterocycles. The number of rotatable bonds is 6. The van der Waals surface area contributed by atoms with Gasteiger partial charge >= 0.3 is 0 Å². The Labute approximate surface area is 213 Å². The minimum absolute atomic E-state index is 0.0835. The molecule has 2 aliphatic rings. The van der Waals surface area contributed by atoms with Gasteiger partial charge in [-0.25, -0.2) is 0 Å². The molecule has 5 nitrogen and oxygen atoms in total. The highest BCUT2D eigenvalue weighted by atomic mass is 35.5. The zero-order chi connectivity index (χ0) is 24.5. The fraction of sp³-hybridized carbons (Fsp3) is 0.448. The Kier molecular flexibility index (Phi) is 6.99. The highest BCUT2D eigenvalue weighted by Crippen LogP contribution is 2.37. The van der Waals surface area contributed by atoms with Gasteiger partial charge in [0, 0.05) is 37.1 Å². The number of pyridine rings is 1. The maximum Gasteiger partial charge on any atom is 0.169 e. The lowest BCUT2D eigenvalue weighted by Crippen LogP contribution is -2.39. The van der Waals surface area contributed by atoms with Gasteiger partial charge in [-0.1, -0.05) is 37.6 Å². The van der Waals surface area contributed by atoms with Crippen LogP contribution in [0.15, 0.2) is 42.6 Å². The van der Waals surface area contributed by atoms with Crippen LogP contribution in [-0.4, -0.2) is 48.4 Å². The van der Waals surface area contributed by atoms with Crippen LogP contribution in [0.5, 0.6) is 0 Å². The maximum absolute atomic E-state index is 13.3. The standard InChI is InChI=1S/C29H35ClN4O/c1-19(2)29(35)24-17-32-27-8-6-21(22-5-7-26(31)25(30)16-22)15-23(27)28(24)34-13-9-20(10-14-34)18-33-11-3-4-12-33/h5-8,15-17,19-20H,3-4,9-14,18,31H2,1-2H3. The number of likely N-dealkylation sites (tertiary alicyclic amines) is 1. The van der Waals surface area contributed by atoms with Crippen molar-refractivity contribution in [2.45, 2.75) is 39.5 Å². The second-order valence-corrected chi connectivity index (χ2v) is 10.9. The number of aromatic nitrogens is 1. The van der Waals surface area contributed by atoms with Gasteiger partial charge in [0.1, 0.15) is 0 Å². The quantitative estimate of drug-likeness (QED) is 0.325. The molecule has 0 unspecified atom stereocenters. The number of hydrogen-bond acceptors (Lipinski definition) is 5. The first-order valence-electron chi connectivity index (χ1n) is 12.9. The van der Waals surface area contributed by atoms with Crippen molar-refractivity contribution in [1.29, 1.82) is 0 Å². The molecule has 0 radical (unpaired) electrons. The summed E-state index contributed by atoms with van der Waals surface area (Å²) >= 11 is 6.32. The SMILES string of the molecule is CC(C)C(=O)c1cnc2ccc(-c3ccc(N)c(Cl)c3)cc2c1N1CCC(CN2CCCC2)CC1. The first-order valence-corrected chi connectivity index (χ1v) is 13.3. The number of carbonyl (C=O) groups excluding carboxylic acids is 1. The van der Waals surface area contributed by atoms with Crippen LogP contribution in [0.3, 0.4) is 0 Å². The van der Waals surface area contributed by atoms with Gasteiger partial charge in [0.15, 0.2) is 5.78 Å². The lowest BCUT2D eigenvalue weighted by molar-refractivity contribution is 0.0939. The van der Waals surface area contributed by atoms with Crippen molar-refractivity contribution in [2.24, 2.45) is 11.8 Å². The molecule has 2 aromatic carbocycles. The van der Waals surface area contributed by atoms with Crippen molar-refractivity contribution in [3.63, 3.8) is 0 Å². The molecule has 0 atom stereocenters. The Hall–Kier alpha value is -2.63. The highest BCUT2D eigenvalue weighted by molar-refractivity contribution is 6.33. The molecule has 3 heterocycles. The largest absolute Gasteiger partial charge is 0.398 e. The highest BCUT2D eigenvalue weighted by Gasteiger charge is 2.27. The van der Waals surface area contributed by atoms with Crippen LogP contribution < -0.4 is 10.6 Å². The monoisotopic (exact) mass is 490 g/mol. The number of Topliss-reactive ketones (excluding diaryl/α,β-unsaturated/α-hetero) is 1. The summed E-state index contributed by atoms with van der Waals surface area (Å²) in [5.74, 6) is 0.795. The number of halogens is 1. The molecule has 184 valence electrons. The van der Waals surface area contributed by atoms with Crippen molar-refractivity contribution < 1.29 is 4.79 Å². The summed E-state index contributed by atoms with van der Waals surface area (Å²) in [6, 6.07) is 12.0. The van der Waals surface area contributed by atoms with Gasteiger partial charge in [-0.05, 0) is 80.1 Å². The number of carbonyl (C=O) groups is 1. The molecule has 2 N–H and O–H groups in total. The molecule has 0 saturated carbocycles. The lowest BCUT2D eigenvalue weighted by Gasteiger charge is -2.36. The van der Waals surface area contributed by atoms with Crippen LogP contribution in [0.2, 0.25) is 5.02 Å². The van der Waals surface area contributed by atoms with Crippen LogP contribution in [-0.2, 0) is 0 Å². The number of benzene rings is 2. The third-order valence-electron chi connectivity index (χ3n) is 7.61. The molecule has 0 amide bonds. The predicted octanol–water partition coefficient (Wildman–Crippen LogP) is 6.29. The normalized spacial score (nSPS) is 17.5. The zero-order valence-electron chi connectivity index (χ0n) is 20.8. The molecular formula is C29H35ClN4O. The number of ketones is 1. The van der Waals surface area contributed by atoms with Crippen molar-refractivity contribution >= 4 is 39.7 Å². The first kappa shape index (κ1) is 24.1. The van der Waals surface area contributed by atoms with E-state index in [2.05, 4.69) is 26.9 Å². The van der Waals surface area contributed by atoms with E-state index in [0.717, 1.165) is 65.1 Å². The average Bonchev–Trinajstić information content (AvgIpc) is 3.38. The number of nitrogens with two attached hydrogens (primary N) is 1. The fourth-order valence-corrected chi connectivity index (χ4v) is 5.75. The molecule has 0 spiro atoms. The van der Waals surface area contributed by atoms with Crippen molar-refractivity contribution in [3.8, 4) is 11.1 Å². The van der Waals surface area contributed by atoms with E-state index < -0.39 is 0 Å². The van der Waals surface area contributed by atoms with E-state index in [1.165, 1.54) is 32.5 Å². The molecular weight excluding hydrogens is 456 g/mol. The van der Waals surface area contributed by atoms with Gasteiger partial charge in [-0.2, -0.15) is 0 Å². The fourth-order valence-electron chi connectivity index (χ4n) is 5.57.